The summed E-state index contributed by atoms with van der Waals surface area (Å²) in [4.78, 5) is 4.88. The molecule has 0 aromatic heterocycles. The topological polar surface area (TPSA) is 6.48 Å². The van der Waals surface area contributed by atoms with Crippen LogP contribution in [0.25, 0.3) is 54.6 Å². The minimum absolute atomic E-state index is 0.101. The molecule has 0 bridgehead atoms. The molecule has 64 heavy (non-hydrogen) atoms. The molecule has 10 aromatic rings. The Balaban J connectivity index is 1.02. The van der Waals surface area contributed by atoms with E-state index in [4.69, 9.17) is 0 Å². The van der Waals surface area contributed by atoms with Crippen LogP contribution in [0.5, 0.6) is 0 Å². The summed E-state index contributed by atoms with van der Waals surface area (Å²) in [6.07, 6.45) is 0. The fourth-order valence-electron chi connectivity index (χ4n) is 11.2. The zero-order chi connectivity index (χ0) is 43.5. The lowest BCUT2D eigenvalue weighted by atomic mass is 9.82. The van der Waals surface area contributed by atoms with Crippen molar-refractivity contribution < 1.29 is 0 Å². The molecule has 0 saturated carbocycles. The number of nitrogens with zero attached hydrogens (tertiary/aromatic N) is 2. The summed E-state index contributed by atoms with van der Waals surface area (Å²) in [7, 11) is 0. The molecule has 0 atom stereocenters. The molecule has 308 valence electrons. The molecule has 0 unspecified atom stereocenters. The summed E-state index contributed by atoms with van der Waals surface area (Å²) in [5.74, 6) is 0. The van der Waals surface area contributed by atoms with Gasteiger partial charge >= 0.3 is 0 Å². The van der Waals surface area contributed by atoms with Crippen molar-refractivity contribution in [3.05, 3.63) is 228 Å². The predicted molar refractivity (Wildman–Crippen MR) is 273 cm³/mol. The van der Waals surface area contributed by atoms with E-state index in [1.807, 2.05) is 0 Å². The van der Waals surface area contributed by atoms with E-state index in [0.717, 1.165) is 34.1 Å². The van der Waals surface area contributed by atoms with Gasteiger partial charge in [0, 0.05) is 45.0 Å². The molecule has 0 heterocycles. The molecule has 0 spiro atoms. The highest BCUT2D eigenvalue weighted by Gasteiger charge is 2.37. The van der Waals surface area contributed by atoms with Gasteiger partial charge in [-0.1, -0.05) is 160 Å². The molecule has 0 amide bonds. The zero-order valence-electron chi connectivity index (χ0n) is 37.4. The molecule has 0 aliphatic heterocycles. The molecule has 0 saturated heterocycles. The molecular weight excluding hydrogens is 773 g/mol. The summed E-state index contributed by atoms with van der Waals surface area (Å²) < 4.78 is 0. The van der Waals surface area contributed by atoms with Crippen molar-refractivity contribution in [3.8, 4) is 22.3 Å². The monoisotopic (exact) mass is 822 g/mol. The van der Waals surface area contributed by atoms with E-state index in [2.05, 4.69) is 245 Å². The van der Waals surface area contributed by atoms with Crippen molar-refractivity contribution in [1.82, 2.24) is 0 Å². The minimum atomic E-state index is -0.101. The van der Waals surface area contributed by atoms with Gasteiger partial charge in [0.15, 0.2) is 0 Å². The Bertz CT molecular complexity index is 3260. The van der Waals surface area contributed by atoms with Gasteiger partial charge in [0.2, 0.25) is 0 Å². The average Bonchev–Trinajstić information content (AvgIpc) is 3.69. The lowest BCUT2D eigenvalue weighted by molar-refractivity contribution is 0.660. The summed E-state index contributed by atoms with van der Waals surface area (Å²) in [6, 6.07) is 73.0. The van der Waals surface area contributed by atoms with Crippen molar-refractivity contribution in [2.75, 3.05) is 9.80 Å². The van der Waals surface area contributed by atoms with Crippen LogP contribution in [0.2, 0.25) is 0 Å². The number of benzene rings is 10. The third kappa shape index (κ3) is 5.72. The number of anilines is 6. The van der Waals surface area contributed by atoms with Gasteiger partial charge in [0.05, 0.1) is 0 Å². The summed E-state index contributed by atoms with van der Waals surface area (Å²) >= 11 is 0. The maximum atomic E-state index is 2.44. The lowest BCUT2D eigenvalue weighted by Crippen LogP contribution is -2.16. The van der Waals surface area contributed by atoms with E-state index >= 15 is 0 Å². The third-order valence-corrected chi connectivity index (χ3v) is 14.6. The number of hydrogen-bond donors (Lipinski definition) is 0. The maximum Gasteiger partial charge on any atom is 0.0468 e. The highest BCUT2D eigenvalue weighted by Crippen LogP contribution is 2.53. The van der Waals surface area contributed by atoms with Crippen molar-refractivity contribution in [1.29, 1.82) is 0 Å². The fraction of sp³-hybridized carbons (Fsp3) is 0.129. The van der Waals surface area contributed by atoms with Crippen LogP contribution in [0.3, 0.4) is 0 Å². The Labute approximate surface area is 376 Å². The average molecular weight is 823 g/mol. The Hall–Kier alpha value is -7.42. The van der Waals surface area contributed by atoms with Crippen LogP contribution in [-0.4, -0.2) is 0 Å². The highest BCUT2D eigenvalue weighted by molar-refractivity contribution is 6.26. The first-order valence-electron chi connectivity index (χ1n) is 22.7. The molecule has 0 fully saturated rings. The van der Waals surface area contributed by atoms with Gasteiger partial charge in [0.25, 0.3) is 0 Å². The van der Waals surface area contributed by atoms with Crippen molar-refractivity contribution in [2.24, 2.45) is 0 Å². The van der Waals surface area contributed by atoms with Crippen LogP contribution in [0.4, 0.5) is 34.1 Å². The van der Waals surface area contributed by atoms with E-state index < -0.39 is 0 Å². The molecule has 0 radical (unpaired) electrons. The normalized spacial score (nSPS) is 14.0. The summed E-state index contributed by atoms with van der Waals surface area (Å²) in [5, 5.41) is 7.48. The van der Waals surface area contributed by atoms with Gasteiger partial charge in [0.1, 0.15) is 0 Å². The van der Waals surface area contributed by atoms with E-state index in [1.54, 1.807) is 0 Å². The quantitative estimate of drug-likeness (QED) is 0.154. The van der Waals surface area contributed by atoms with Crippen LogP contribution in [-0.2, 0) is 10.8 Å². The fourth-order valence-corrected chi connectivity index (χ4v) is 11.2. The Morgan fingerprint density at radius 3 is 1.00 bits per heavy atom. The molecule has 2 nitrogen and oxygen atoms in total. The number of hydrogen-bond acceptors (Lipinski definition) is 2. The van der Waals surface area contributed by atoms with E-state index in [9.17, 15) is 0 Å². The van der Waals surface area contributed by atoms with Gasteiger partial charge in [-0.05, 0) is 163 Å². The second-order valence-electron chi connectivity index (χ2n) is 19.1. The SMILES string of the molecule is Cc1ccc(N(c2ccc3c(c2)C(C)(C)c2ccccc2-3)c2ccc3c4ccc(N(c5ccc(C)cc5)c5ccc6c(c5)C(C)(C)c5ccccc5-6)cc4c4ccccc4c3c2)cc1. The summed E-state index contributed by atoms with van der Waals surface area (Å²) in [6.45, 7) is 13.8. The number of fused-ring (bicyclic) bond motifs is 12. The third-order valence-electron chi connectivity index (χ3n) is 14.6. The molecule has 2 heteroatoms. The molecule has 10 aromatic carbocycles. The van der Waals surface area contributed by atoms with Crippen LogP contribution in [0.1, 0.15) is 61.1 Å². The largest absolute Gasteiger partial charge is 0.310 e. The Kier molecular flexibility index (Phi) is 8.40. The molecule has 2 aliphatic carbocycles. The first-order valence-corrected chi connectivity index (χ1v) is 22.7. The van der Waals surface area contributed by atoms with Gasteiger partial charge in [-0.15, -0.1) is 0 Å². The minimum Gasteiger partial charge on any atom is -0.310 e. The highest BCUT2D eigenvalue weighted by atomic mass is 15.1. The first-order chi connectivity index (χ1) is 31.1. The number of aryl methyl sites for hydroxylation is 2. The van der Waals surface area contributed by atoms with Gasteiger partial charge in [-0.25, -0.2) is 0 Å². The van der Waals surface area contributed by atoms with Crippen molar-refractivity contribution in [3.63, 3.8) is 0 Å². The summed E-state index contributed by atoms with van der Waals surface area (Å²) in [5.41, 5.74) is 20.0. The molecule has 0 N–H and O–H groups in total. The zero-order valence-corrected chi connectivity index (χ0v) is 37.4. The first kappa shape index (κ1) is 38.3. The second-order valence-corrected chi connectivity index (χ2v) is 19.1. The van der Waals surface area contributed by atoms with Crippen molar-refractivity contribution >= 4 is 66.4 Å². The van der Waals surface area contributed by atoms with Gasteiger partial charge in [-0.2, -0.15) is 0 Å². The Morgan fingerprint density at radius 2 is 0.578 bits per heavy atom. The van der Waals surface area contributed by atoms with E-state index in [-0.39, 0.29) is 10.8 Å². The van der Waals surface area contributed by atoms with Crippen LogP contribution >= 0.6 is 0 Å². The van der Waals surface area contributed by atoms with Gasteiger partial charge in [-0.3, -0.25) is 0 Å². The second kappa shape index (κ2) is 14.0. The van der Waals surface area contributed by atoms with Crippen LogP contribution < -0.4 is 9.80 Å². The lowest BCUT2D eigenvalue weighted by Gasteiger charge is -2.29. The predicted octanol–water partition coefficient (Wildman–Crippen LogP) is 17.3. The van der Waals surface area contributed by atoms with Crippen molar-refractivity contribution in [2.45, 2.75) is 52.4 Å². The maximum absolute atomic E-state index is 2.44. The number of rotatable bonds is 6. The smallest absolute Gasteiger partial charge is 0.0468 e. The molecule has 12 rings (SSSR count). The van der Waals surface area contributed by atoms with Crippen LogP contribution in [0, 0.1) is 13.8 Å². The molecule has 2 aliphatic rings. The van der Waals surface area contributed by atoms with E-state index in [0.29, 0.717) is 0 Å². The van der Waals surface area contributed by atoms with Gasteiger partial charge < -0.3 is 9.80 Å². The van der Waals surface area contributed by atoms with E-state index in [1.165, 1.54) is 88.0 Å². The van der Waals surface area contributed by atoms with Crippen LogP contribution in [0.15, 0.2) is 194 Å². The Morgan fingerprint density at radius 1 is 0.266 bits per heavy atom. The standard InChI is InChI=1S/C62H50N2/c1-39-19-23-41(24-20-39)63(45-29-33-53-51-15-9-11-17-57(51)61(3,4)59(53)37-45)43-27-31-49-50-32-28-44(36-56(50)48-14-8-7-13-47(48)55(49)35-43)64(42-25-21-40(2)22-26-42)46-30-34-54-52-16-10-12-18-58(52)62(5,6)60(54)38-46/h7-38H,1-6H3. The molecular formula is C62H50N2.